The van der Waals surface area contributed by atoms with Crippen LogP contribution in [-0.2, 0) is 23.8 Å². The van der Waals surface area contributed by atoms with Crippen molar-refractivity contribution in [3.8, 4) is 0 Å². The predicted molar refractivity (Wildman–Crippen MR) is 241 cm³/mol. The van der Waals surface area contributed by atoms with E-state index in [-0.39, 0.29) is 63.9 Å². The summed E-state index contributed by atoms with van der Waals surface area (Å²) in [5.41, 5.74) is 3.60. The summed E-state index contributed by atoms with van der Waals surface area (Å²) in [5.74, 6) is -0.153. The summed E-state index contributed by atoms with van der Waals surface area (Å²) in [7, 11) is 1.28. The van der Waals surface area contributed by atoms with Crippen LogP contribution in [0.5, 0.6) is 0 Å². The Kier molecular flexibility index (Phi) is 16.4. The number of carbonyl (C=O) groups is 4. The molecule has 0 bridgehead atoms. The minimum absolute atomic E-state index is 0.0636. The Morgan fingerprint density at radius 2 is 1.71 bits per heavy atom. The number of halogens is 4. The third-order valence-electron chi connectivity index (χ3n) is 12.5. The quantitative estimate of drug-likeness (QED) is 0.144. The highest BCUT2D eigenvalue weighted by molar-refractivity contribution is 6.32. The van der Waals surface area contributed by atoms with Gasteiger partial charge in [-0.3, -0.25) is 24.1 Å². The Morgan fingerprint density at radius 3 is 2.35 bits per heavy atom. The van der Waals surface area contributed by atoms with Crippen LogP contribution in [0.3, 0.4) is 0 Å². The topological polar surface area (TPSA) is 173 Å². The lowest BCUT2D eigenvalue weighted by Gasteiger charge is -2.35. The Hall–Kier alpha value is -5.00. The fraction of sp³-hybridized carbons (Fsp3) is 0.574. The van der Waals surface area contributed by atoms with Gasteiger partial charge in [-0.2, -0.15) is 0 Å². The number of hydrogen-bond donors (Lipinski definition) is 4. The smallest absolute Gasteiger partial charge is 0.453 e. The first-order valence-electron chi connectivity index (χ1n) is 22.4. The average Bonchev–Trinajstić information content (AvgIpc) is 3.55. The second-order valence-electron chi connectivity index (χ2n) is 18.4. The van der Waals surface area contributed by atoms with E-state index in [2.05, 4.69) is 44.8 Å². The summed E-state index contributed by atoms with van der Waals surface area (Å²) in [5, 5.41) is 11.5. The van der Waals surface area contributed by atoms with Gasteiger partial charge >= 0.3 is 12.5 Å². The van der Waals surface area contributed by atoms with E-state index in [9.17, 15) is 32.3 Å². The van der Waals surface area contributed by atoms with Gasteiger partial charge in [0.25, 0.3) is 5.91 Å². The molecular weight excluding hydrogens is 867 g/mol. The van der Waals surface area contributed by atoms with Crippen LogP contribution in [0.4, 0.5) is 23.8 Å². The molecule has 3 aliphatic heterocycles. The number of nitrogens with one attached hydrogen (secondary N) is 4. The number of aromatic nitrogens is 1. The first kappa shape index (κ1) is 49.4. The molecule has 14 nitrogen and oxygen atoms in total. The molecule has 1 aromatic rings. The van der Waals surface area contributed by atoms with E-state index in [1.165, 1.54) is 25.4 Å². The Morgan fingerprint density at radius 1 is 0.985 bits per heavy atom. The highest BCUT2D eigenvalue weighted by Gasteiger charge is 2.44. The van der Waals surface area contributed by atoms with Crippen LogP contribution >= 0.6 is 11.6 Å². The maximum absolute atomic E-state index is 14.3. The number of nitrogens with zero attached hydrogens (tertiary/aromatic N) is 3. The second-order valence-corrected chi connectivity index (χ2v) is 18.9. The lowest BCUT2D eigenvalue weighted by atomic mass is 9.83. The molecule has 2 saturated heterocycles. The molecule has 18 heteroatoms. The van der Waals surface area contributed by atoms with Crippen molar-refractivity contribution in [1.29, 1.82) is 0 Å². The van der Waals surface area contributed by atoms with Gasteiger partial charge in [-0.1, -0.05) is 58.4 Å². The normalized spacial score (nSPS) is 23.8. The molecule has 1 aromatic heterocycles. The van der Waals surface area contributed by atoms with Gasteiger partial charge in [0.15, 0.2) is 0 Å². The zero-order valence-electron chi connectivity index (χ0n) is 37.9. The first-order valence-corrected chi connectivity index (χ1v) is 22.7. The van der Waals surface area contributed by atoms with Gasteiger partial charge < -0.3 is 35.6 Å². The number of aliphatic imine (C=N–C) groups is 1. The highest BCUT2D eigenvalue weighted by Crippen LogP contribution is 2.40. The third kappa shape index (κ3) is 13.1. The number of carbonyl (C=O) groups excluding carboxylic acids is 4. The zero-order valence-corrected chi connectivity index (χ0v) is 38.7. The van der Waals surface area contributed by atoms with Crippen LogP contribution in [-0.4, -0.2) is 104 Å². The summed E-state index contributed by atoms with van der Waals surface area (Å²) in [4.78, 5) is 63.2. The number of rotatable bonds is 13. The Labute approximate surface area is 383 Å². The molecule has 5 unspecified atom stereocenters. The molecule has 0 radical (unpaired) electrons. The van der Waals surface area contributed by atoms with Gasteiger partial charge in [-0.25, -0.2) is 9.78 Å². The number of allylic oxidation sites excluding steroid dienone is 6. The molecule has 4 amide bonds. The molecule has 0 aromatic carbocycles. The molecule has 5 aliphatic rings. The molecule has 6 rings (SSSR count). The third-order valence-corrected chi connectivity index (χ3v) is 12.9. The van der Waals surface area contributed by atoms with Crippen molar-refractivity contribution in [3.05, 3.63) is 81.3 Å². The SMILES string of the molecule is COC(=O)NC(C(=O)N1CC(C)CC1C1=NC=C(C2=CC=C(C3=CC(Cl)=C(NC(=O)c4ccc(NCCNC(=O)C(C)(C)C)nc4)CC3OC(F)(F)F)CC2)CCC1C)C1CCOCC1. The van der Waals surface area contributed by atoms with E-state index in [0.717, 1.165) is 36.1 Å². The monoisotopic (exact) mass is 927 g/mol. The molecule has 4 heterocycles. The fourth-order valence-electron chi connectivity index (χ4n) is 8.89. The maximum atomic E-state index is 14.3. The molecule has 0 saturated carbocycles. The van der Waals surface area contributed by atoms with Crippen LogP contribution in [0.2, 0.25) is 0 Å². The van der Waals surface area contributed by atoms with Crippen molar-refractivity contribution >= 4 is 46.9 Å². The van der Waals surface area contributed by atoms with Crippen molar-refractivity contribution < 1.29 is 46.6 Å². The number of pyridine rings is 1. The second kappa shape index (κ2) is 21.5. The Bertz CT molecular complexity index is 2140. The van der Waals surface area contributed by atoms with Gasteiger partial charge in [0, 0.05) is 68.5 Å². The average molecular weight is 928 g/mol. The molecule has 5 atom stereocenters. The zero-order chi connectivity index (χ0) is 47.1. The summed E-state index contributed by atoms with van der Waals surface area (Å²) >= 11 is 6.66. The molecule has 2 fully saturated rings. The Balaban J connectivity index is 1.15. The molecule has 354 valence electrons. The van der Waals surface area contributed by atoms with Crippen LogP contribution in [0, 0.1) is 23.2 Å². The molecular formula is C47H61ClF3N7O7. The van der Waals surface area contributed by atoms with Gasteiger partial charge in [0.2, 0.25) is 11.8 Å². The molecule has 2 aliphatic carbocycles. The number of likely N-dealkylation sites (tertiary alicyclic amines) is 1. The number of methoxy groups -OCH3 is 1. The van der Waals surface area contributed by atoms with Crippen LogP contribution in [0.25, 0.3) is 0 Å². The van der Waals surface area contributed by atoms with Crippen molar-refractivity contribution in [2.24, 2.45) is 28.2 Å². The summed E-state index contributed by atoms with van der Waals surface area (Å²) in [6.07, 6.45) is 5.46. The summed E-state index contributed by atoms with van der Waals surface area (Å²) < 4.78 is 56.6. The van der Waals surface area contributed by atoms with E-state index in [1.54, 1.807) is 12.1 Å². The van der Waals surface area contributed by atoms with Gasteiger partial charge in [0.05, 0.1) is 29.9 Å². The lowest BCUT2D eigenvalue weighted by molar-refractivity contribution is -0.337. The fourth-order valence-corrected chi connectivity index (χ4v) is 9.13. The number of alkyl halides is 3. The minimum Gasteiger partial charge on any atom is -0.453 e. The van der Waals surface area contributed by atoms with Crippen LogP contribution < -0.4 is 21.3 Å². The van der Waals surface area contributed by atoms with Crippen molar-refractivity contribution in [3.63, 3.8) is 0 Å². The van der Waals surface area contributed by atoms with Crippen molar-refractivity contribution in [2.75, 3.05) is 45.3 Å². The number of ether oxygens (including phenoxy) is 3. The van der Waals surface area contributed by atoms with Gasteiger partial charge in [-0.15, -0.1) is 13.2 Å². The number of alkyl carbamates (subject to hydrolysis) is 1. The van der Waals surface area contributed by atoms with Crippen LogP contribution in [0.15, 0.2) is 80.8 Å². The van der Waals surface area contributed by atoms with Crippen molar-refractivity contribution in [1.82, 2.24) is 25.8 Å². The number of anilines is 1. The summed E-state index contributed by atoms with van der Waals surface area (Å²) in [6.45, 7) is 12.0. The lowest BCUT2D eigenvalue weighted by Crippen LogP contribution is -2.55. The largest absolute Gasteiger partial charge is 0.523 e. The van der Waals surface area contributed by atoms with Crippen LogP contribution in [0.1, 0.15) is 96.3 Å². The van der Waals surface area contributed by atoms with Gasteiger partial charge in [0.1, 0.15) is 11.9 Å². The maximum Gasteiger partial charge on any atom is 0.523 e. The molecule has 4 N–H and O–H groups in total. The first-order chi connectivity index (χ1) is 30.8. The number of amides is 4. The van der Waals surface area contributed by atoms with E-state index in [0.29, 0.717) is 69.9 Å². The minimum atomic E-state index is -4.96. The van der Waals surface area contributed by atoms with E-state index in [1.807, 2.05) is 37.9 Å². The van der Waals surface area contributed by atoms with Gasteiger partial charge in [-0.05, 0) is 103 Å². The van der Waals surface area contributed by atoms with E-state index >= 15 is 0 Å². The highest BCUT2D eigenvalue weighted by atomic mass is 35.5. The standard InChI is InChI=1S/C47H61ClF3N7O7/c1-27-21-37(58(26-27)43(60)41(57-45(62)63-6)31-15-19-64-20-16-31)40-28(2)7-8-32(24-55-40)29-9-11-30(12-10-29)34-22-35(48)36(23-38(34)65-47(49,50)51)56-42(59)33-13-14-39(54-25-33)52-17-18-53-44(61)46(3,4)5/h9,11,13-14,22,24-25,27-28,31,37-38,41H,7-8,10,12,15-21,23,26H2,1-6H3,(H,52,54)(H,53,61)(H,56,59)(H,57,62). The van der Waals surface area contributed by atoms with E-state index < -0.39 is 35.9 Å². The summed E-state index contributed by atoms with van der Waals surface area (Å²) in [6, 6.07) is 2.13. The van der Waals surface area contributed by atoms with Crippen molar-refractivity contribution in [2.45, 2.75) is 111 Å². The van der Waals surface area contributed by atoms with E-state index in [4.69, 9.17) is 26.1 Å². The molecule has 0 spiro atoms. The predicted octanol–water partition coefficient (Wildman–Crippen LogP) is 7.86. The number of hydrogen-bond acceptors (Lipinski definition) is 10. The molecule has 65 heavy (non-hydrogen) atoms.